The molecular formula is C9H9N2NaO3. The number of anilines is 1. The Balaban J connectivity index is 0.00000196. The third-order valence-corrected chi connectivity index (χ3v) is 1.57. The van der Waals surface area contributed by atoms with Crippen LogP contribution in [0.1, 0.15) is 10.4 Å². The number of aliphatic carboxylic acids is 1. The second-order valence-electron chi connectivity index (χ2n) is 2.68. The largest absolute Gasteiger partial charge is 1.00 e. The van der Waals surface area contributed by atoms with Crippen molar-refractivity contribution in [2.45, 2.75) is 0 Å². The van der Waals surface area contributed by atoms with E-state index in [4.69, 9.17) is 5.73 Å². The molecule has 0 aliphatic heterocycles. The van der Waals surface area contributed by atoms with Gasteiger partial charge >= 0.3 is 29.6 Å². The van der Waals surface area contributed by atoms with Crippen LogP contribution in [0.15, 0.2) is 24.3 Å². The van der Waals surface area contributed by atoms with Gasteiger partial charge in [0.2, 0.25) is 0 Å². The number of hydrogen-bond donors (Lipinski definition) is 2. The second-order valence-corrected chi connectivity index (χ2v) is 2.68. The minimum atomic E-state index is -1.33. The third kappa shape index (κ3) is 4.83. The van der Waals surface area contributed by atoms with E-state index in [0.29, 0.717) is 11.3 Å². The van der Waals surface area contributed by atoms with E-state index in [0.717, 1.165) is 0 Å². The summed E-state index contributed by atoms with van der Waals surface area (Å²) >= 11 is 0. The summed E-state index contributed by atoms with van der Waals surface area (Å²) in [6.45, 7) is -0.497. The number of carbonyl (C=O) groups excluding carboxylic acids is 2. The number of nitrogen functional groups attached to an aromatic ring is 1. The van der Waals surface area contributed by atoms with Gasteiger partial charge < -0.3 is 21.0 Å². The molecular weight excluding hydrogens is 207 g/mol. The summed E-state index contributed by atoms with van der Waals surface area (Å²) in [5, 5.41) is 12.2. The molecule has 0 spiro atoms. The van der Waals surface area contributed by atoms with E-state index in [9.17, 15) is 14.7 Å². The number of hydrogen-bond acceptors (Lipinski definition) is 4. The molecule has 0 aromatic heterocycles. The molecule has 0 fully saturated rings. The van der Waals surface area contributed by atoms with E-state index in [1.54, 1.807) is 12.1 Å². The van der Waals surface area contributed by atoms with Crippen LogP contribution in [0.5, 0.6) is 0 Å². The number of carboxylic acid groups (broad SMARTS) is 1. The monoisotopic (exact) mass is 216 g/mol. The Kier molecular flexibility index (Phi) is 6.00. The number of amides is 1. The van der Waals surface area contributed by atoms with Gasteiger partial charge in [-0.1, -0.05) is 0 Å². The van der Waals surface area contributed by atoms with E-state index < -0.39 is 18.4 Å². The van der Waals surface area contributed by atoms with Crippen LogP contribution in [0.25, 0.3) is 0 Å². The van der Waals surface area contributed by atoms with Gasteiger partial charge in [0.1, 0.15) is 0 Å². The molecule has 6 heteroatoms. The van der Waals surface area contributed by atoms with Gasteiger partial charge in [0.15, 0.2) is 0 Å². The molecule has 0 aliphatic rings. The first-order valence-electron chi connectivity index (χ1n) is 3.93. The van der Waals surface area contributed by atoms with Crippen LogP contribution in [0, 0.1) is 0 Å². The normalized spacial score (nSPS) is 8.80. The van der Waals surface area contributed by atoms with Crippen molar-refractivity contribution >= 4 is 17.6 Å². The summed E-state index contributed by atoms with van der Waals surface area (Å²) < 4.78 is 0. The molecule has 0 saturated heterocycles. The van der Waals surface area contributed by atoms with E-state index in [1.807, 2.05) is 0 Å². The number of nitrogens with two attached hydrogens (primary N) is 1. The second kappa shape index (κ2) is 6.44. The Morgan fingerprint density at radius 2 is 1.80 bits per heavy atom. The van der Waals surface area contributed by atoms with Gasteiger partial charge in [0.25, 0.3) is 5.91 Å². The molecule has 0 aliphatic carbocycles. The summed E-state index contributed by atoms with van der Waals surface area (Å²) in [6.07, 6.45) is 0. The fourth-order valence-corrected chi connectivity index (χ4v) is 0.889. The Labute approximate surface area is 109 Å². The molecule has 1 aromatic rings. The average Bonchev–Trinajstić information content (AvgIpc) is 2.15. The van der Waals surface area contributed by atoms with Crippen molar-refractivity contribution in [3.05, 3.63) is 29.8 Å². The van der Waals surface area contributed by atoms with Crippen LogP contribution < -0.4 is 45.7 Å². The summed E-state index contributed by atoms with van der Waals surface area (Å²) in [5.74, 6) is -1.79. The van der Waals surface area contributed by atoms with Crippen LogP contribution in [0.2, 0.25) is 0 Å². The smallest absolute Gasteiger partial charge is 0.548 e. The summed E-state index contributed by atoms with van der Waals surface area (Å²) in [6, 6.07) is 6.15. The molecule has 0 heterocycles. The predicted molar refractivity (Wildman–Crippen MR) is 48.2 cm³/mol. The van der Waals surface area contributed by atoms with Gasteiger partial charge in [0, 0.05) is 11.3 Å². The molecule has 0 unspecified atom stereocenters. The van der Waals surface area contributed by atoms with Gasteiger partial charge in [-0.3, -0.25) is 4.79 Å². The molecule has 1 rings (SSSR count). The first kappa shape index (κ1) is 14.0. The first-order chi connectivity index (χ1) is 6.59. The molecule has 1 amide bonds. The summed E-state index contributed by atoms with van der Waals surface area (Å²) in [7, 11) is 0. The predicted octanol–water partition coefficient (Wildman–Crippen LogP) is -4.25. The number of carboxylic acids is 1. The van der Waals surface area contributed by atoms with Crippen LogP contribution in [0.3, 0.4) is 0 Å². The molecule has 5 nitrogen and oxygen atoms in total. The maximum Gasteiger partial charge on any atom is 1.00 e. The van der Waals surface area contributed by atoms with E-state index in [-0.39, 0.29) is 29.6 Å². The van der Waals surface area contributed by atoms with Crippen molar-refractivity contribution in [1.29, 1.82) is 0 Å². The topological polar surface area (TPSA) is 95.2 Å². The first-order valence-corrected chi connectivity index (χ1v) is 3.93. The number of benzene rings is 1. The van der Waals surface area contributed by atoms with E-state index in [1.165, 1.54) is 12.1 Å². The molecule has 0 saturated carbocycles. The number of nitrogens with one attached hydrogen (secondary N) is 1. The molecule has 15 heavy (non-hydrogen) atoms. The van der Waals surface area contributed by atoms with Crippen LogP contribution >= 0.6 is 0 Å². The van der Waals surface area contributed by atoms with Crippen LogP contribution in [0.4, 0.5) is 5.69 Å². The van der Waals surface area contributed by atoms with Crippen molar-refractivity contribution in [2.24, 2.45) is 0 Å². The van der Waals surface area contributed by atoms with E-state index in [2.05, 4.69) is 5.32 Å². The maximum absolute atomic E-state index is 11.2. The molecule has 0 radical (unpaired) electrons. The van der Waals surface area contributed by atoms with Gasteiger partial charge in [-0.25, -0.2) is 0 Å². The van der Waals surface area contributed by atoms with E-state index >= 15 is 0 Å². The van der Waals surface area contributed by atoms with Crippen LogP contribution in [-0.2, 0) is 4.79 Å². The van der Waals surface area contributed by atoms with Crippen molar-refractivity contribution < 1.29 is 44.3 Å². The Hall–Kier alpha value is -1.04. The van der Waals surface area contributed by atoms with Crippen molar-refractivity contribution in [3.8, 4) is 0 Å². The maximum atomic E-state index is 11.2. The zero-order chi connectivity index (χ0) is 10.6. The molecule has 3 N–H and O–H groups in total. The molecule has 1 aromatic carbocycles. The van der Waals surface area contributed by atoms with Gasteiger partial charge in [-0.05, 0) is 24.3 Å². The summed E-state index contributed by atoms with van der Waals surface area (Å²) in [5.41, 5.74) is 6.32. The summed E-state index contributed by atoms with van der Waals surface area (Å²) in [4.78, 5) is 21.3. The standard InChI is InChI=1S/C9H10N2O3.Na/c10-7-3-1-6(2-4-7)9(14)11-5-8(12)13;/h1-4H,5,10H2,(H,11,14)(H,12,13);/q;+1/p-1. The quantitative estimate of drug-likeness (QED) is 0.395. The minimum Gasteiger partial charge on any atom is -0.548 e. The molecule has 0 bridgehead atoms. The van der Waals surface area contributed by atoms with Crippen molar-refractivity contribution in [1.82, 2.24) is 5.32 Å². The SMILES string of the molecule is Nc1ccc(C(=O)NCC(=O)[O-])cc1.[Na+]. The van der Waals surface area contributed by atoms with Gasteiger partial charge in [-0.15, -0.1) is 0 Å². The molecule has 0 atom stereocenters. The Bertz CT molecular complexity index is 351. The Morgan fingerprint density at radius 1 is 1.27 bits per heavy atom. The molecule has 74 valence electrons. The van der Waals surface area contributed by atoms with Gasteiger partial charge in [-0.2, -0.15) is 0 Å². The number of carbonyl (C=O) groups is 2. The number of rotatable bonds is 3. The zero-order valence-corrected chi connectivity index (χ0v) is 10.3. The average molecular weight is 216 g/mol. The zero-order valence-electron chi connectivity index (χ0n) is 8.32. The van der Waals surface area contributed by atoms with Crippen LogP contribution in [-0.4, -0.2) is 18.4 Å². The fourth-order valence-electron chi connectivity index (χ4n) is 0.889. The Morgan fingerprint density at radius 3 is 2.27 bits per heavy atom. The van der Waals surface area contributed by atoms with Gasteiger partial charge in [0.05, 0.1) is 12.5 Å². The van der Waals surface area contributed by atoms with Crippen molar-refractivity contribution in [2.75, 3.05) is 12.3 Å². The minimum absolute atomic E-state index is 0. The fraction of sp³-hybridized carbons (Fsp3) is 0.111. The van der Waals surface area contributed by atoms with Crippen molar-refractivity contribution in [3.63, 3.8) is 0 Å². The third-order valence-electron chi connectivity index (χ3n) is 1.57.